The fraction of sp³-hybridized carbons (Fsp3) is 0.583. The molecule has 1 saturated heterocycles. The van der Waals surface area contributed by atoms with E-state index in [1.54, 1.807) is 6.20 Å². The first-order valence-electron chi connectivity index (χ1n) is 5.73. The average Bonchev–Trinajstić information content (AvgIpc) is 2.63. The second kappa shape index (κ2) is 4.29. The van der Waals surface area contributed by atoms with Gasteiger partial charge in [0.25, 0.3) is 0 Å². The van der Waals surface area contributed by atoms with Crippen molar-refractivity contribution in [2.75, 3.05) is 23.8 Å². The van der Waals surface area contributed by atoms with Gasteiger partial charge in [-0.15, -0.1) is 0 Å². The van der Waals surface area contributed by atoms with Crippen molar-refractivity contribution in [3.05, 3.63) is 17.8 Å². The molecule has 3 N–H and O–H groups in total. The van der Waals surface area contributed by atoms with Crippen LogP contribution in [-0.4, -0.2) is 29.3 Å². The third-order valence-electron chi connectivity index (χ3n) is 3.49. The molecule has 1 aromatic rings. The molecule has 4 nitrogen and oxygen atoms in total. The number of aryl methyl sites for hydroxylation is 1. The predicted molar refractivity (Wildman–Crippen MR) is 65.4 cm³/mol. The van der Waals surface area contributed by atoms with Gasteiger partial charge in [-0.05, 0) is 24.8 Å². The standard InChI is InChI=1S/C12H19N3O/c1-8-3-4-15(11(8)7-16)12-5-10(13)9(2)6-14-12/h5-6,8,11,16H,3-4,7H2,1-2H3,(H2,13,14). The van der Waals surface area contributed by atoms with Crippen LogP contribution >= 0.6 is 0 Å². The molecular formula is C12H19N3O. The Kier molecular flexibility index (Phi) is 3.01. The first-order chi connectivity index (χ1) is 7.63. The first kappa shape index (κ1) is 11.2. The molecule has 88 valence electrons. The topological polar surface area (TPSA) is 62.4 Å². The quantitative estimate of drug-likeness (QED) is 0.787. The van der Waals surface area contributed by atoms with Gasteiger partial charge in [-0.2, -0.15) is 0 Å². The summed E-state index contributed by atoms with van der Waals surface area (Å²) in [6, 6.07) is 2.07. The van der Waals surface area contributed by atoms with E-state index in [0.717, 1.165) is 30.0 Å². The summed E-state index contributed by atoms with van der Waals surface area (Å²) in [5.74, 6) is 1.39. The van der Waals surface area contributed by atoms with Gasteiger partial charge in [0.1, 0.15) is 5.82 Å². The average molecular weight is 221 g/mol. The molecule has 4 heteroatoms. The lowest BCUT2D eigenvalue weighted by molar-refractivity contribution is 0.244. The summed E-state index contributed by atoms with van der Waals surface area (Å²) >= 11 is 0. The van der Waals surface area contributed by atoms with E-state index >= 15 is 0 Å². The Balaban J connectivity index is 2.27. The van der Waals surface area contributed by atoms with E-state index in [0.29, 0.717) is 5.92 Å². The van der Waals surface area contributed by atoms with E-state index in [4.69, 9.17) is 5.73 Å². The first-order valence-corrected chi connectivity index (χ1v) is 5.73. The molecule has 1 aliphatic rings. The van der Waals surface area contributed by atoms with Crippen LogP contribution in [0.2, 0.25) is 0 Å². The van der Waals surface area contributed by atoms with Crippen LogP contribution in [0.25, 0.3) is 0 Å². The van der Waals surface area contributed by atoms with Crippen molar-refractivity contribution >= 4 is 11.5 Å². The summed E-state index contributed by atoms with van der Waals surface area (Å²) in [7, 11) is 0. The number of nitrogens with zero attached hydrogens (tertiary/aromatic N) is 2. The minimum atomic E-state index is 0.176. The Labute approximate surface area is 96.1 Å². The van der Waals surface area contributed by atoms with Crippen molar-refractivity contribution in [1.29, 1.82) is 0 Å². The van der Waals surface area contributed by atoms with Crippen LogP contribution < -0.4 is 10.6 Å². The predicted octanol–water partition coefficient (Wildman–Crippen LogP) is 1.18. The largest absolute Gasteiger partial charge is 0.398 e. The molecule has 0 saturated carbocycles. The number of aliphatic hydroxyl groups is 1. The van der Waals surface area contributed by atoms with E-state index < -0.39 is 0 Å². The number of aliphatic hydroxyl groups excluding tert-OH is 1. The van der Waals surface area contributed by atoms with Crippen LogP contribution in [0.15, 0.2) is 12.3 Å². The van der Waals surface area contributed by atoms with Crippen LogP contribution in [0.1, 0.15) is 18.9 Å². The van der Waals surface area contributed by atoms with Crippen molar-refractivity contribution < 1.29 is 5.11 Å². The molecule has 0 aromatic carbocycles. The number of nitrogens with two attached hydrogens (primary N) is 1. The maximum atomic E-state index is 9.39. The number of pyridine rings is 1. The summed E-state index contributed by atoms with van der Waals surface area (Å²) in [5, 5.41) is 9.39. The van der Waals surface area contributed by atoms with E-state index in [2.05, 4.69) is 16.8 Å². The molecule has 2 unspecified atom stereocenters. The van der Waals surface area contributed by atoms with Crippen LogP contribution in [0.5, 0.6) is 0 Å². The Morgan fingerprint density at radius 2 is 2.38 bits per heavy atom. The highest BCUT2D eigenvalue weighted by molar-refractivity contribution is 5.55. The third kappa shape index (κ3) is 1.85. The third-order valence-corrected chi connectivity index (χ3v) is 3.49. The molecule has 0 spiro atoms. The van der Waals surface area contributed by atoms with Gasteiger partial charge in [0, 0.05) is 24.5 Å². The molecule has 0 amide bonds. The normalized spacial score (nSPS) is 25.1. The molecule has 0 aliphatic carbocycles. The molecule has 0 radical (unpaired) electrons. The fourth-order valence-electron chi connectivity index (χ4n) is 2.26. The van der Waals surface area contributed by atoms with Gasteiger partial charge < -0.3 is 15.7 Å². The summed E-state index contributed by atoms with van der Waals surface area (Å²) in [6.45, 7) is 5.24. The molecule has 2 heterocycles. The van der Waals surface area contributed by atoms with Gasteiger partial charge in [0.15, 0.2) is 0 Å². The number of hydrogen-bond donors (Lipinski definition) is 2. The molecule has 0 bridgehead atoms. The lowest BCUT2D eigenvalue weighted by atomic mass is 10.0. The second-order valence-electron chi connectivity index (χ2n) is 4.61. The second-order valence-corrected chi connectivity index (χ2v) is 4.61. The van der Waals surface area contributed by atoms with E-state index in [1.165, 1.54) is 0 Å². The molecule has 1 fully saturated rings. The van der Waals surface area contributed by atoms with Crippen molar-refractivity contribution in [2.24, 2.45) is 5.92 Å². The summed E-state index contributed by atoms with van der Waals surface area (Å²) in [6.07, 6.45) is 2.89. The van der Waals surface area contributed by atoms with Gasteiger partial charge in [-0.1, -0.05) is 6.92 Å². The van der Waals surface area contributed by atoms with Crippen LogP contribution in [0.4, 0.5) is 11.5 Å². The Morgan fingerprint density at radius 1 is 1.62 bits per heavy atom. The highest BCUT2D eigenvalue weighted by Gasteiger charge is 2.31. The highest BCUT2D eigenvalue weighted by atomic mass is 16.3. The van der Waals surface area contributed by atoms with E-state index in [1.807, 2.05) is 13.0 Å². The molecule has 2 rings (SSSR count). The van der Waals surface area contributed by atoms with Crippen molar-refractivity contribution in [2.45, 2.75) is 26.3 Å². The zero-order chi connectivity index (χ0) is 11.7. The number of aromatic nitrogens is 1. The van der Waals surface area contributed by atoms with Crippen molar-refractivity contribution in [1.82, 2.24) is 4.98 Å². The number of anilines is 2. The number of rotatable bonds is 2. The van der Waals surface area contributed by atoms with Gasteiger partial charge >= 0.3 is 0 Å². The maximum Gasteiger partial charge on any atom is 0.130 e. The smallest absolute Gasteiger partial charge is 0.130 e. The molecular weight excluding hydrogens is 202 g/mol. The van der Waals surface area contributed by atoms with Gasteiger partial charge in [-0.3, -0.25) is 0 Å². The minimum absolute atomic E-state index is 0.176. The maximum absolute atomic E-state index is 9.39. The number of nitrogen functional groups attached to an aromatic ring is 1. The summed E-state index contributed by atoms with van der Waals surface area (Å²) < 4.78 is 0. The van der Waals surface area contributed by atoms with Crippen LogP contribution in [0, 0.1) is 12.8 Å². The molecule has 1 aromatic heterocycles. The Morgan fingerprint density at radius 3 is 3.00 bits per heavy atom. The lowest BCUT2D eigenvalue weighted by Crippen LogP contribution is -2.35. The van der Waals surface area contributed by atoms with Crippen molar-refractivity contribution in [3.8, 4) is 0 Å². The van der Waals surface area contributed by atoms with E-state index in [-0.39, 0.29) is 12.6 Å². The molecule has 16 heavy (non-hydrogen) atoms. The summed E-state index contributed by atoms with van der Waals surface area (Å²) in [5.41, 5.74) is 7.64. The van der Waals surface area contributed by atoms with Gasteiger partial charge in [0.05, 0.1) is 12.6 Å². The van der Waals surface area contributed by atoms with Gasteiger partial charge in [0.2, 0.25) is 0 Å². The zero-order valence-corrected chi connectivity index (χ0v) is 9.85. The SMILES string of the molecule is Cc1cnc(N2CCC(C)C2CO)cc1N. The van der Waals surface area contributed by atoms with E-state index in [9.17, 15) is 5.11 Å². The highest BCUT2D eigenvalue weighted by Crippen LogP contribution is 2.29. The molecule has 2 atom stereocenters. The van der Waals surface area contributed by atoms with Gasteiger partial charge in [-0.25, -0.2) is 4.98 Å². The van der Waals surface area contributed by atoms with Crippen molar-refractivity contribution in [3.63, 3.8) is 0 Å². The fourth-order valence-corrected chi connectivity index (χ4v) is 2.26. The van der Waals surface area contributed by atoms with Crippen LogP contribution in [0.3, 0.4) is 0 Å². The number of hydrogen-bond acceptors (Lipinski definition) is 4. The van der Waals surface area contributed by atoms with Crippen LogP contribution in [-0.2, 0) is 0 Å². The minimum Gasteiger partial charge on any atom is -0.398 e. The zero-order valence-electron chi connectivity index (χ0n) is 9.85. The monoisotopic (exact) mass is 221 g/mol. The lowest BCUT2D eigenvalue weighted by Gasteiger charge is -2.26. The molecule has 1 aliphatic heterocycles. The Bertz CT molecular complexity index is 381. The summed E-state index contributed by atoms with van der Waals surface area (Å²) in [4.78, 5) is 6.54. The Hall–Kier alpha value is -1.29.